The Bertz CT molecular complexity index is 812. The van der Waals surface area contributed by atoms with Gasteiger partial charge in [0.05, 0.1) is 29.4 Å². The molecule has 0 saturated carbocycles. The second-order valence-electron chi connectivity index (χ2n) is 4.36. The molecular weight excluding hydrogens is 252 g/mol. The first-order chi connectivity index (χ1) is 9.74. The molecule has 0 aliphatic heterocycles. The second-order valence-corrected chi connectivity index (χ2v) is 4.36. The molecule has 0 saturated heterocycles. The quantitative estimate of drug-likeness (QED) is 0.713. The molecule has 5 nitrogen and oxygen atoms in total. The summed E-state index contributed by atoms with van der Waals surface area (Å²) < 4.78 is 6.89. The molecular formula is C15H12N4O. The molecule has 2 aromatic heterocycles. The molecule has 3 aromatic rings. The van der Waals surface area contributed by atoms with Gasteiger partial charge in [-0.2, -0.15) is 10.4 Å². The van der Waals surface area contributed by atoms with Gasteiger partial charge in [0, 0.05) is 6.20 Å². The average Bonchev–Trinajstić information content (AvgIpc) is 2.85. The highest BCUT2D eigenvalue weighted by Crippen LogP contribution is 2.23. The van der Waals surface area contributed by atoms with Crippen molar-refractivity contribution in [3.63, 3.8) is 0 Å². The van der Waals surface area contributed by atoms with Gasteiger partial charge in [-0.05, 0) is 37.3 Å². The van der Waals surface area contributed by atoms with Crippen LogP contribution in [0, 0.1) is 18.3 Å². The molecule has 0 N–H and O–H groups in total. The molecule has 0 spiro atoms. The smallest absolute Gasteiger partial charge is 0.164 e. The van der Waals surface area contributed by atoms with Gasteiger partial charge in [0.2, 0.25) is 0 Å². The van der Waals surface area contributed by atoms with Gasteiger partial charge >= 0.3 is 0 Å². The summed E-state index contributed by atoms with van der Waals surface area (Å²) in [4.78, 5) is 4.35. The monoisotopic (exact) mass is 264 g/mol. The Kier molecular flexibility index (Phi) is 2.84. The highest BCUT2D eigenvalue weighted by molar-refractivity contribution is 5.85. The van der Waals surface area contributed by atoms with Crippen LogP contribution in [-0.4, -0.2) is 21.9 Å². The number of benzene rings is 1. The summed E-state index contributed by atoms with van der Waals surface area (Å²) in [5.74, 6) is 0.785. The third-order valence-electron chi connectivity index (χ3n) is 3.18. The number of fused-ring (bicyclic) bond motifs is 1. The van der Waals surface area contributed by atoms with Crippen molar-refractivity contribution in [1.29, 1.82) is 5.26 Å². The Balaban J connectivity index is 2.24. The summed E-state index contributed by atoms with van der Waals surface area (Å²) in [7, 11) is 1.63. The van der Waals surface area contributed by atoms with Gasteiger partial charge < -0.3 is 4.74 Å². The first kappa shape index (κ1) is 12.2. The van der Waals surface area contributed by atoms with Gasteiger partial charge in [0.15, 0.2) is 5.65 Å². The second kappa shape index (κ2) is 4.67. The Morgan fingerprint density at radius 3 is 2.60 bits per heavy atom. The molecule has 0 amide bonds. The van der Waals surface area contributed by atoms with Gasteiger partial charge in [-0.1, -0.05) is 0 Å². The van der Waals surface area contributed by atoms with Gasteiger partial charge in [-0.3, -0.25) is 0 Å². The molecule has 0 aliphatic rings. The Morgan fingerprint density at radius 2 is 1.95 bits per heavy atom. The Labute approximate surface area is 116 Å². The van der Waals surface area contributed by atoms with E-state index in [9.17, 15) is 5.26 Å². The van der Waals surface area contributed by atoms with E-state index in [0.717, 1.165) is 22.5 Å². The van der Waals surface area contributed by atoms with Crippen LogP contribution in [0.4, 0.5) is 0 Å². The van der Waals surface area contributed by atoms with Crippen LogP contribution in [0.2, 0.25) is 0 Å². The molecule has 0 bridgehead atoms. The lowest BCUT2D eigenvalue weighted by Crippen LogP contribution is -1.98. The largest absolute Gasteiger partial charge is 0.497 e. The minimum absolute atomic E-state index is 0.590. The zero-order valence-corrected chi connectivity index (χ0v) is 11.2. The van der Waals surface area contributed by atoms with Crippen molar-refractivity contribution in [3.8, 4) is 17.5 Å². The molecule has 3 rings (SSSR count). The summed E-state index contributed by atoms with van der Waals surface area (Å²) in [6, 6.07) is 11.4. The van der Waals surface area contributed by atoms with Crippen LogP contribution in [0.15, 0.2) is 36.5 Å². The summed E-state index contributed by atoms with van der Waals surface area (Å²) in [6.07, 6.45) is 1.63. The summed E-state index contributed by atoms with van der Waals surface area (Å²) in [5.41, 5.74) is 2.95. The zero-order valence-electron chi connectivity index (χ0n) is 11.2. The molecule has 0 atom stereocenters. The van der Waals surface area contributed by atoms with E-state index in [1.807, 2.05) is 31.2 Å². The highest BCUT2D eigenvalue weighted by atomic mass is 16.5. The van der Waals surface area contributed by atoms with Gasteiger partial charge in [0.1, 0.15) is 11.8 Å². The fraction of sp³-hybridized carbons (Fsp3) is 0.133. The van der Waals surface area contributed by atoms with E-state index in [1.165, 1.54) is 0 Å². The number of hydrogen-bond acceptors (Lipinski definition) is 4. The number of aromatic nitrogens is 3. The maximum absolute atomic E-state index is 9.18. The molecule has 0 unspecified atom stereocenters. The SMILES string of the molecule is COc1ccc(-n2nc(C)c3c(C#N)ccnc32)cc1. The predicted octanol–water partition coefficient (Wildman–Crippen LogP) is 2.61. The van der Waals surface area contributed by atoms with Crippen molar-refractivity contribution in [2.24, 2.45) is 0 Å². The van der Waals surface area contributed by atoms with Crippen LogP contribution >= 0.6 is 0 Å². The van der Waals surface area contributed by atoms with Crippen molar-refractivity contribution in [1.82, 2.24) is 14.8 Å². The summed E-state index contributed by atoms with van der Waals surface area (Å²) in [6.45, 7) is 1.88. The number of nitrogens with zero attached hydrogens (tertiary/aromatic N) is 4. The predicted molar refractivity (Wildman–Crippen MR) is 74.9 cm³/mol. The van der Waals surface area contributed by atoms with Crippen molar-refractivity contribution in [2.75, 3.05) is 7.11 Å². The maximum Gasteiger partial charge on any atom is 0.164 e. The third-order valence-corrected chi connectivity index (χ3v) is 3.18. The standard InChI is InChI=1S/C15H12N4O/c1-10-14-11(9-16)7-8-17-15(14)19(18-10)12-3-5-13(20-2)6-4-12/h3-8H,1-2H3. The van der Waals surface area contributed by atoms with E-state index in [0.29, 0.717) is 11.2 Å². The van der Waals surface area contributed by atoms with Crippen LogP contribution in [0.3, 0.4) is 0 Å². The van der Waals surface area contributed by atoms with E-state index >= 15 is 0 Å². The minimum Gasteiger partial charge on any atom is -0.497 e. The number of pyridine rings is 1. The highest BCUT2D eigenvalue weighted by Gasteiger charge is 2.13. The van der Waals surface area contributed by atoms with E-state index < -0.39 is 0 Å². The molecule has 20 heavy (non-hydrogen) atoms. The lowest BCUT2D eigenvalue weighted by atomic mass is 10.2. The normalized spacial score (nSPS) is 10.4. The molecule has 0 radical (unpaired) electrons. The summed E-state index contributed by atoms with van der Waals surface area (Å²) in [5, 5.41) is 14.5. The van der Waals surface area contributed by atoms with Gasteiger partial charge in [-0.25, -0.2) is 9.67 Å². The first-order valence-electron chi connectivity index (χ1n) is 6.13. The van der Waals surface area contributed by atoms with Crippen molar-refractivity contribution in [2.45, 2.75) is 6.92 Å². The van der Waals surface area contributed by atoms with Crippen LogP contribution in [0.5, 0.6) is 5.75 Å². The number of ether oxygens (including phenoxy) is 1. The maximum atomic E-state index is 9.18. The van der Waals surface area contributed by atoms with E-state index in [2.05, 4.69) is 16.2 Å². The molecule has 0 aliphatic carbocycles. The Morgan fingerprint density at radius 1 is 1.20 bits per heavy atom. The van der Waals surface area contributed by atoms with Crippen molar-refractivity contribution >= 4 is 11.0 Å². The molecule has 1 aromatic carbocycles. The fourth-order valence-electron chi connectivity index (χ4n) is 2.21. The van der Waals surface area contributed by atoms with Crippen LogP contribution < -0.4 is 4.74 Å². The van der Waals surface area contributed by atoms with Crippen molar-refractivity contribution < 1.29 is 4.74 Å². The number of hydrogen-bond donors (Lipinski definition) is 0. The molecule has 98 valence electrons. The van der Waals surface area contributed by atoms with Crippen LogP contribution in [0.25, 0.3) is 16.7 Å². The van der Waals surface area contributed by atoms with Crippen molar-refractivity contribution in [3.05, 3.63) is 47.8 Å². The molecule has 0 fully saturated rings. The summed E-state index contributed by atoms with van der Waals surface area (Å²) >= 11 is 0. The van der Waals surface area contributed by atoms with Gasteiger partial charge in [-0.15, -0.1) is 0 Å². The molecule has 2 heterocycles. The van der Waals surface area contributed by atoms with Gasteiger partial charge in [0.25, 0.3) is 0 Å². The lowest BCUT2D eigenvalue weighted by Gasteiger charge is -2.04. The van der Waals surface area contributed by atoms with E-state index in [1.54, 1.807) is 24.1 Å². The number of aryl methyl sites for hydroxylation is 1. The fourth-order valence-corrected chi connectivity index (χ4v) is 2.21. The van der Waals surface area contributed by atoms with Crippen LogP contribution in [-0.2, 0) is 0 Å². The zero-order chi connectivity index (χ0) is 14.1. The third kappa shape index (κ3) is 1.79. The number of rotatable bonds is 2. The topological polar surface area (TPSA) is 63.7 Å². The van der Waals surface area contributed by atoms with E-state index in [4.69, 9.17) is 4.74 Å². The number of nitriles is 1. The average molecular weight is 264 g/mol. The molecule has 5 heteroatoms. The Hall–Kier alpha value is -2.87. The number of methoxy groups -OCH3 is 1. The van der Waals surface area contributed by atoms with Crippen LogP contribution in [0.1, 0.15) is 11.3 Å². The first-order valence-corrected chi connectivity index (χ1v) is 6.13. The lowest BCUT2D eigenvalue weighted by molar-refractivity contribution is 0.414. The minimum atomic E-state index is 0.590. The van der Waals surface area contributed by atoms with E-state index in [-0.39, 0.29) is 0 Å².